The first-order valence-corrected chi connectivity index (χ1v) is 6.39. The van der Waals surface area contributed by atoms with Crippen LogP contribution in [0.15, 0.2) is 40.1 Å². The molecule has 0 saturated heterocycles. The number of benzene rings is 1. The van der Waals surface area contributed by atoms with Gasteiger partial charge in [-0.1, -0.05) is 17.7 Å². The summed E-state index contributed by atoms with van der Waals surface area (Å²) in [5.41, 5.74) is 1.48. The third-order valence-corrected chi connectivity index (χ3v) is 3.23. The maximum atomic E-state index is 12.4. The van der Waals surface area contributed by atoms with Gasteiger partial charge in [0.1, 0.15) is 0 Å². The van der Waals surface area contributed by atoms with Crippen molar-refractivity contribution in [1.29, 1.82) is 0 Å². The maximum absolute atomic E-state index is 12.4. The average Bonchev–Trinajstić information content (AvgIpc) is 2.84. The molecule has 2 heterocycles. The van der Waals surface area contributed by atoms with Crippen LogP contribution >= 0.6 is 0 Å². The summed E-state index contributed by atoms with van der Waals surface area (Å²) in [7, 11) is 0. The lowest BCUT2D eigenvalue weighted by atomic mass is 10.2. The first kappa shape index (κ1) is 12.4. The van der Waals surface area contributed by atoms with Crippen LogP contribution in [-0.4, -0.2) is 19.3 Å². The highest BCUT2D eigenvalue weighted by Crippen LogP contribution is 2.07. The van der Waals surface area contributed by atoms with Gasteiger partial charge in [0.05, 0.1) is 11.2 Å². The minimum Gasteiger partial charge on any atom is -0.304 e. The van der Waals surface area contributed by atoms with Crippen LogP contribution in [0.3, 0.4) is 0 Å². The van der Waals surface area contributed by atoms with Gasteiger partial charge < -0.3 is 4.98 Å². The Kier molecular flexibility index (Phi) is 2.78. The number of H-pyrrole nitrogens is 1. The third-order valence-electron chi connectivity index (χ3n) is 3.23. The zero-order valence-corrected chi connectivity index (χ0v) is 11.3. The quantitative estimate of drug-likeness (QED) is 0.760. The van der Waals surface area contributed by atoms with E-state index in [2.05, 4.69) is 10.1 Å². The van der Waals surface area contributed by atoms with E-state index in [4.69, 9.17) is 0 Å². The number of fused-ring (bicyclic) bond motifs is 1. The van der Waals surface area contributed by atoms with E-state index >= 15 is 0 Å². The van der Waals surface area contributed by atoms with Crippen LogP contribution in [0.25, 0.3) is 16.7 Å². The van der Waals surface area contributed by atoms with Gasteiger partial charge in [0.25, 0.3) is 5.56 Å². The summed E-state index contributed by atoms with van der Waals surface area (Å²) in [6.45, 7) is 4.51. The minimum atomic E-state index is -0.456. The highest BCUT2D eigenvalue weighted by molar-refractivity contribution is 5.72. The van der Waals surface area contributed by atoms with Gasteiger partial charge in [-0.25, -0.2) is 9.36 Å². The van der Waals surface area contributed by atoms with Gasteiger partial charge in [-0.3, -0.25) is 9.48 Å². The van der Waals surface area contributed by atoms with E-state index in [1.54, 1.807) is 23.0 Å². The monoisotopic (exact) mass is 270 g/mol. The number of nitrogens with zero attached hydrogens (tertiary/aromatic N) is 3. The molecule has 0 saturated carbocycles. The summed E-state index contributed by atoms with van der Waals surface area (Å²) in [5.74, 6) is 0. The molecule has 0 bridgehead atoms. The van der Waals surface area contributed by atoms with Crippen molar-refractivity contribution in [3.05, 3.63) is 56.9 Å². The number of hydrogen-bond acceptors (Lipinski definition) is 3. The number of hydrogen-bond donors (Lipinski definition) is 1. The van der Waals surface area contributed by atoms with Crippen LogP contribution < -0.4 is 11.2 Å². The minimum absolute atomic E-state index is 0.270. The zero-order valence-electron chi connectivity index (χ0n) is 11.3. The normalized spacial score (nSPS) is 11.1. The molecule has 1 aromatic carbocycles. The summed E-state index contributed by atoms with van der Waals surface area (Å²) >= 11 is 0. The van der Waals surface area contributed by atoms with Gasteiger partial charge in [0.15, 0.2) is 5.52 Å². The second-order valence-electron chi connectivity index (χ2n) is 4.65. The molecule has 6 nitrogen and oxygen atoms in total. The molecule has 102 valence electrons. The Bertz CT molecular complexity index is 884. The van der Waals surface area contributed by atoms with E-state index in [1.165, 1.54) is 0 Å². The van der Waals surface area contributed by atoms with Gasteiger partial charge in [0.2, 0.25) is 0 Å². The largest absolute Gasteiger partial charge is 0.333 e. The molecule has 6 heteroatoms. The Balaban J connectivity index is 2.33. The molecule has 0 aliphatic heterocycles. The van der Waals surface area contributed by atoms with Crippen LogP contribution in [-0.2, 0) is 6.54 Å². The molecule has 0 fully saturated rings. The van der Waals surface area contributed by atoms with E-state index in [0.717, 1.165) is 10.1 Å². The molecule has 1 N–H and O–H groups in total. The van der Waals surface area contributed by atoms with Crippen molar-refractivity contribution in [2.75, 3.05) is 0 Å². The van der Waals surface area contributed by atoms with Crippen molar-refractivity contribution in [3.8, 4) is 5.69 Å². The molecule has 0 spiro atoms. The Morgan fingerprint density at radius 3 is 2.55 bits per heavy atom. The second kappa shape index (κ2) is 4.48. The summed E-state index contributed by atoms with van der Waals surface area (Å²) in [6.07, 6.45) is 1.66. The average molecular weight is 270 g/mol. The van der Waals surface area contributed by atoms with Crippen molar-refractivity contribution in [2.45, 2.75) is 20.4 Å². The lowest BCUT2D eigenvalue weighted by molar-refractivity contribution is 0.666. The summed E-state index contributed by atoms with van der Waals surface area (Å²) in [5, 5.41) is 4.19. The van der Waals surface area contributed by atoms with Crippen molar-refractivity contribution in [3.63, 3.8) is 0 Å². The lowest BCUT2D eigenvalue weighted by Crippen LogP contribution is -2.33. The van der Waals surface area contributed by atoms with Gasteiger partial charge in [0, 0.05) is 12.7 Å². The van der Waals surface area contributed by atoms with E-state index in [9.17, 15) is 9.59 Å². The Labute approximate surface area is 114 Å². The Morgan fingerprint density at radius 1 is 1.20 bits per heavy atom. The molecular weight excluding hydrogens is 256 g/mol. The van der Waals surface area contributed by atoms with Crippen molar-refractivity contribution in [1.82, 2.24) is 19.3 Å². The van der Waals surface area contributed by atoms with Gasteiger partial charge in [-0.05, 0) is 26.0 Å². The fraction of sp³-hybridized carbons (Fsp3) is 0.214. The molecule has 3 aromatic rings. The van der Waals surface area contributed by atoms with Crippen LogP contribution in [0, 0.1) is 6.92 Å². The first-order chi connectivity index (χ1) is 9.60. The fourth-order valence-electron chi connectivity index (χ4n) is 2.13. The van der Waals surface area contributed by atoms with Crippen LogP contribution in [0.5, 0.6) is 0 Å². The maximum Gasteiger partial charge on any atom is 0.333 e. The third kappa shape index (κ3) is 1.85. The number of aryl methyl sites for hydroxylation is 2. The van der Waals surface area contributed by atoms with E-state index in [-0.39, 0.29) is 5.52 Å². The summed E-state index contributed by atoms with van der Waals surface area (Å²) < 4.78 is 2.73. The standard InChI is InChI=1S/C14H14N4O2/c1-3-17-8-11-12(16-17)13(19)18(14(20)15-11)10-6-4-9(2)5-7-10/h4-8H,3H2,1-2H3,(H,15,20). The highest BCUT2D eigenvalue weighted by atomic mass is 16.2. The number of aromatic amines is 1. The van der Waals surface area contributed by atoms with Gasteiger partial charge in [-0.15, -0.1) is 0 Å². The molecule has 2 aromatic heterocycles. The van der Waals surface area contributed by atoms with E-state index < -0.39 is 11.2 Å². The molecule has 3 rings (SSSR count). The fourth-order valence-corrected chi connectivity index (χ4v) is 2.13. The predicted octanol–water partition coefficient (Wildman–Crippen LogP) is 1.20. The van der Waals surface area contributed by atoms with Crippen LogP contribution in [0.2, 0.25) is 0 Å². The van der Waals surface area contributed by atoms with Gasteiger partial charge >= 0.3 is 5.69 Å². The summed E-state index contributed by atoms with van der Waals surface area (Å²) in [6, 6.07) is 7.20. The molecule has 0 amide bonds. The highest BCUT2D eigenvalue weighted by Gasteiger charge is 2.12. The van der Waals surface area contributed by atoms with Gasteiger partial charge in [-0.2, -0.15) is 5.10 Å². The van der Waals surface area contributed by atoms with E-state index in [0.29, 0.717) is 17.7 Å². The molecule has 20 heavy (non-hydrogen) atoms. The predicted molar refractivity (Wildman–Crippen MR) is 76.4 cm³/mol. The lowest BCUT2D eigenvalue weighted by Gasteiger charge is -2.04. The molecule has 0 aliphatic carbocycles. The molecule has 0 radical (unpaired) electrons. The number of nitrogens with one attached hydrogen (secondary N) is 1. The topological polar surface area (TPSA) is 72.7 Å². The van der Waals surface area contributed by atoms with Crippen molar-refractivity contribution < 1.29 is 0 Å². The van der Waals surface area contributed by atoms with Crippen LogP contribution in [0.1, 0.15) is 12.5 Å². The second-order valence-corrected chi connectivity index (χ2v) is 4.65. The van der Waals surface area contributed by atoms with E-state index in [1.807, 2.05) is 26.0 Å². The smallest absolute Gasteiger partial charge is 0.304 e. The van der Waals surface area contributed by atoms with Crippen molar-refractivity contribution >= 4 is 11.0 Å². The molecule has 0 aliphatic rings. The number of rotatable bonds is 2. The molecular formula is C14H14N4O2. The molecule has 0 unspecified atom stereocenters. The zero-order chi connectivity index (χ0) is 14.3. The Hall–Kier alpha value is -2.63. The number of aromatic nitrogens is 4. The summed E-state index contributed by atoms with van der Waals surface area (Å²) in [4.78, 5) is 27.2. The molecule has 0 atom stereocenters. The van der Waals surface area contributed by atoms with Crippen LogP contribution in [0.4, 0.5) is 0 Å². The SMILES string of the molecule is CCn1cc2[nH]c(=O)n(-c3ccc(C)cc3)c(=O)c2n1. The first-order valence-electron chi connectivity index (χ1n) is 6.39. The Morgan fingerprint density at radius 2 is 1.90 bits per heavy atom. The van der Waals surface area contributed by atoms with Crippen molar-refractivity contribution in [2.24, 2.45) is 0 Å².